The molecule has 8 nitrogen and oxygen atoms in total. The van der Waals surface area contributed by atoms with Gasteiger partial charge in [-0.15, -0.1) is 0 Å². The summed E-state index contributed by atoms with van der Waals surface area (Å²) in [6.45, 7) is 4.23. The lowest BCUT2D eigenvalue weighted by molar-refractivity contribution is 0.0835. The lowest BCUT2D eigenvalue weighted by Crippen LogP contribution is -2.26. The van der Waals surface area contributed by atoms with Crippen molar-refractivity contribution in [3.63, 3.8) is 0 Å². The van der Waals surface area contributed by atoms with Gasteiger partial charge in [0.2, 0.25) is 0 Å². The van der Waals surface area contributed by atoms with Crippen LogP contribution >= 0.6 is 0 Å². The van der Waals surface area contributed by atoms with E-state index in [9.17, 15) is 0 Å². The Morgan fingerprint density at radius 3 is 2.96 bits per heavy atom. The Balaban J connectivity index is 1.38. The van der Waals surface area contributed by atoms with E-state index >= 15 is 0 Å². The van der Waals surface area contributed by atoms with E-state index in [1.165, 1.54) is 0 Å². The smallest absolute Gasteiger partial charge is 0.179 e. The van der Waals surface area contributed by atoms with Gasteiger partial charge >= 0.3 is 0 Å². The fraction of sp³-hybridized carbons (Fsp3) is 0.412. The standard InChI is InChI=1S/C17H21N7O/c1-12-21-17(23-22-12)16-13(5-9-25-16)10-19-11-15-4-8-20-24(15)14-2-6-18-7-3-14/h2-4,6-8,13,16,19H,5,9-11H2,1H3,(H,21,22,23)/t13-,16-/m0/s1. The van der Waals surface area contributed by atoms with E-state index in [1.54, 1.807) is 12.4 Å². The Bertz CT molecular complexity index is 813. The molecule has 1 saturated heterocycles. The highest BCUT2D eigenvalue weighted by Crippen LogP contribution is 2.32. The number of aromatic amines is 1. The predicted octanol–water partition coefficient (Wildman–Crippen LogP) is 1.56. The summed E-state index contributed by atoms with van der Waals surface area (Å²) in [7, 11) is 0. The summed E-state index contributed by atoms with van der Waals surface area (Å²) in [6.07, 6.45) is 6.33. The van der Waals surface area contributed by atoms with Gasteiger partial charge in [-0.2, -0.15) is 10.2 Å². The maximum absolute atomic E-state index is 5.84. The summed E-state index contributed by atoms with van der Waals surface area (Å²) in [4.78, 5) is 8.47. The Morgan fingerprint density at radius 2 is 2.16 bits per heavy atom. The van der Waals surface area contributed by atoms with Crippen LogP contribution in [-0.4, -0.2) is 43.1 Å². The molecule has 1 fully saturated rings. The molecule has 25 heavy (non-hydrogen) atoms. The third-order valence-corrected chi connectivity index (χ3v) is 4.42. The number of hydrogen-bond acceptors (Lipinski definition) is 6. The monoisotopic (exact) mass is 339 g/mol. The maximum atomic E-state index is 5.84. The highest BCUT2D eigenvalue weighted by atomic mass is 16.5. The van der Waals surface area contributed by atoms with Crippen LogP contribution in [0.4, 0.5) is 0 Å². The molecule has 0 radical (unpaired) electrons. The highest BCUT2D eigenvalue weighted by molar-refractivity contribution is 5.30. The second kappa shape index (κ2) is 7.12. The lowest BCUT2D eigenvalue weighted by Gasteiger charge is -2.16. The minimum atomic E-state index is -0.0393. The van der Waals surface area contributed by atoms with Crippen LogP contribution in [0.5, 0.6) is 0 Å². The summed E-state index contributed by atoms with van der Waals surface area (Å²) >= 11 is 0. The third-order valence-electron chi connectivity index (χ3n) is 4.42. The number of H-pyrrole nitrogens is 1. The Labute approximate surface area is 145 Å². The van der Waals surface area contributed by atoms with Crippen LogP contribution in [0.15, 0.2) is 36.8 Å². The van der Waals surface area contributed by atoms with Crippen molar-refractivity contribution >= 4 is 0 Å². The summed E-state index contributed by atoms with van der Waals surface area (Å²) in [5.74, 6) is 1.94. The first-order valence-electron chi connectivity index (χ1n) is 8.46. The zero-order valence-corrected chi connectivity index (χ0v) is 14.1. The van der Waals surface area contributed by atoms with Crippen LogP contribution in [0.25, 0.3) is 5.69 Å². The molecule has 0 saturated carbocycles. The molecule has 8 heteroatoms. The largest absolute Gasteiger partial charge is 0.370 e. The Kier molecular flexibility index (Phi) is 4.53. The highest BCUT2D eigenvalue weighted by Gasteiger charge is 2.32. The average molecular weight is 339 g/mol. The number of hydrogen-bond donors (Lipinski definition) is 2. The fourth-order valence-corrected chi connectivity index (χ4v) is 3.18. The molecule has 0 aromatic carbocycles. The molecule has 4 rings (SSSR count). The number of nitrogens with one attached hydrogen (secondary N) is 2. The fourth-order valence-electron chi connectivity index (χ4n) is 3.18. The molecule has 3 aromatic rings. The van der Waals surface area contributed by atoms with Crippen molar-refractivity contribution in [3.05, 3.63) is 54.1 Å². The summed E-state index contributed by atoms with van der Waals surface area (Å²) in [5.41, 5.74) is 2.12. The van der Waals surface area contributed by atoms with Gasteiger partial charge in [-0.3, -0.25) is 10.1 Å². The molecule has 3 aromatic heterocycles. The van der Waals surface area contributed by atoms with E-state index in [0.717, 1.165) is 49.1 Å². The van der Waals surface area contributed by atoms with Crippen molar-refractivity contribution in [1.82, 2.24) is 35.3 Å². The second-order valence-corrected chi connectivity index (χ2v) is 6.19. The van der Waals surface area contributed by atoms with Crippen molar-refractivity contribution in [1.29, 1.82) is 0 Å². The number of aromatic nitrogens is 6. The van der Waals surface area contributed by atoms with Crippen LogP contribution < -0.4 is 5.32 Å². The number of aryl methyl sites for hydroxylation is 1. The van der Waals surface area contributed by atoms with Gasteiger partial charge in [0, 0.05) is 44.2 Å². The first-order valence-corrected chi connectivity index (χ1v) is 8.46. The van der Waals surface area contributed by atoms with E-state index in [2.05, 4.69) is 30.6 Å². The molecule has 1 aliphatic heterocycles. The number of ether oxygens (including phenoxy) is 1. The molecule has 2 N–H and O–H groups in total. The molecule has 4 heterocycles. The van der Waals surface area contributed by atoms with Gasteiger partial charge < -0.3 is 10.1 Å². The minimum Gasteiger partial charge on any atom is -0.370 e. The lowest BCUT2D eigenvalue weighted by atomic mass is 10.0. The topological polar surface area (TPSA) is 93.5 Å². The van der Waals surface area contributed by atoms with Gasteiger partial charge in [0.25, 0.3) is 0 Å². The van der Waals surface area contributed by atoms with E-state index in [1.807, 2.05) is 36.0 Å². The van der Waals surface area contributed by atoms with Gasteiger partial charge in [-0.05, 0) is 31.5 Å². The SMILES string of the molecule is Cc1nc([C@H]2OCC[C@H]2CNCc2ccnn2-c2ccncc2)n[nH]1. The number of rotatable bonds is 6. The van der Waals surface area contributed by atoms with Crippen molar-refractivity contribution in [3.8, 4) is 5.69 Å². The van der Waals surface area contributed by atoms with Crippen LogP contribution in [0, 0.1) is 12.8 Å². The Hall–Kier alpha value is -2.58. The maximum Gasteiger partial charge on any atom is 0.179 e. The van der Waals surface area contributed by atoms with Gasteiger partial charge in [0.1, 0.15) is 11.9 Å². The molecular formula is C17H21N7O. The molecule has 0 spiro atoms. The summed E-state index contributed by atoms with van der Waals surface area (Å²) in [6, 6.07) is 5.92. The van der Waals surface area contributed by atoms with E-state index < -0.39 is 0 Å². The number of nitrogens with zero attached hydrogens (tertiary/aromatic N) is 5. The van der Waals surface area contributed by atoms with Crippen molar-refractivity contribution in [2.24, 2.45) is 5.92 Å². The van der Waals surface area contributed by atoms with Gasteiger partial charge in [-0.25, -0.2) is 9.67 Å². The van der Waals surface area contributed by atoms with Gasteiger partial charge in [0.15, 0.2) is 5.82 Å². The first kappa shape index (κ1) is 15.9. The second-order valence-electron chi connectivity index (χ2n) is 6.19. The zero-order chi connectivity index (χ0) is 17.1. The van der Waals surface area contributed by atoms with E-state index in [-0.39, 0.29) is 6.10 Å². The summed E-state index contributed by atoms with van der Waals surface area (Å²) < 4.78 is 7.76. The van der Waals surface area contributed by atoms with Gasteiger partial charge in [0.05, 0.1) is 11.4 Å². The predicted molar refractivity (Wildman–Crippen MR) is 91.0 cm³/mol. The van der Waals surface area contributed by atoms with Crippen molar-refractivity contribution in [2.45, 2.75) is 26.0 Å². The molecule has 0 unspecified atom stereocenters. The average Bonchev–Trinajstić information content (AvgIpc) is 3.36. The minimum absolute atomic E-state index is 0.0393. The summed E-state index contributed by atoms with van der Waals surface area (Å²) in [5, 5.41) is 15.1. The van der Waals surface area contributed by atoms with Gasteiger partial charge in [-0.1, -0.05) is 0 Å². The number of pyridine rings is 1. The van der Waals surface area contributed by atoms with E-state index in [0.29, 0.717) is 5.92 Å². The zero-order valence-electron chi connectivity index (χ0n) is 14.1. The molecule has 0 amide bonds. The molecular weight excluding hydrogens is 318 g/mol. The van der Waals surface area contributed by atoms with E-state index in [4.69, 9.17) is 4.74 Å². The Morgan fingerprint density at radius 1 is 1.28 bits per heavy atom. The van der Waals surface area contributed by atoms with Crippen LogP contribution in [0.2, 0.25) is 0 Å². The molecule has 1 aliphatic rings. The van der Waals surface area contributed by atoms with Crippen molar-refractivity contribution < 1.29 is 4.74 Å². The normalized spacial score (nSPS) is 20.2. The molecule has 0 bridgehead atoms. The van der Waals surface area contributed by atoms with Crippen molar-refractivity contribution in [2.75, 3.05) is 13.2 Å². The van der Waals surface area contributed by atoms with Crippen LogP contribution in [0.3, 0.4) is 0 Å². The van der Waals surface area contributed by atoms with Crippen LogP contribution in [-0.2, 0) is 11.3 Å². The van der Waals surface area contributed by atoms with Crippen LogP contribution in [0.1, 0.15) is 29.9 Å². The molecule has 130 valence electrons. The quantitative estimate of drug-likeness (QED) is 0.708. The molecule has 0 aliphatic carbocycles. The first-order chi connectivity index (χ1) is 12.3. The third kappa shape index (κ3) is 3.45. The molecule has 2 atom stereocenters.